The zero-order chi connectivity index (χ0) is 46.0. The maximum absolute atomic E-state index is 13.3. The van der Waals surface area contributed by atoms with E-state index in [2.05, 4.69) is 35.8 Å². The largest absolute Gasteiger partial charge is 0.350 e. The predicted octanol–water partition coefficient (Wildman–Crippen LogP) is 8.36. The quantitative estimate of drug-likeness (QED) is 0.0733. The highest BCUT2D eigenvalue weighted by Gasteiger charge is 2.23. The van der Waals surface area contributed by atoms with Gasteiger partial charge in [-0.25, -0.2) is 9.97 Å². The number of pyridine rings is 2. The normalized spacial score (nSPS) is 13.7. The summed E-state index contributed by atoms with van der Waals surface area (Å²) in [5.41, 5.74) is 3.85. The number of amides is 4. The molecular formula is C51H51N7O7S. The Labute approximate surface area is 383 Å². The highest BCUT2D eigenvalue weighted by molar-refractivity contribution is 7.85. The summed E-state index contributed by atoms with van der Waals surface area (Å²) in [5.74, 6) is -0.192. The number of fused-ring (bicyclic) bond motifs is 2. The maximum atomic E-state index is 13.3. The zero-order valence-corrected chi connectivity index (χ0v) is 37.4. The summed E-state index contributed by atoms with van der Waals surface area (Å²) in [6.07, 6.45) is 15.1. The molecule has 2 saturated carbocycles. The smallest absolute Gasteiger partial charge is 0.272 e. The van der Waals surface area contributed by atoms with Crippen LogP contribution in [0.3, 0.4) is 0 Å². The number of nitrogens with one attached hydrogen (secondary N) is 4. The van der Waals surface area contributed by atoms with Gasteiger partial charge in [-0.1, -0.05) is 73.5 Å². The van der Waals surface area contributed by atoms with Gasteiger partial charge in [-0.2, -0.15) is 8.42 Å². The van der Waals surface area contributed by atoms with Crippen molar-refractivity contribution in [1.29, 1.82) is 0 Å². The maximum Gasteiger partial charge on any atom is 0.272 e. The van der Waals surface area contributed by atoms with Gasteiger partial charge >= 0.3 is 0 Å². The van der Waals surface area contributed by atoms with Crippen LogP contribution in [0.15, 0.2) is 134 Å². The summed E-state index contributed by atoms with van der Waals surface area (Å²) in [6, 6.07) is 32.9. The first-order valence-corrected chi connectivity index (χ1v) is 23.9. The van der Waals surface area contributed by atoms with Gasteiger partial charge in [0.25, 0.3) is 33.7 Å². The number of carbonyl (C=O) groups is 4. The fourth-order valence-corrected chi connectivity index (χ4v) is 8.36. The van der Waals surface area contributed by atoms with Gasteiger partial charge in [0.05, 0.1) is 24.2 Å². The van der Waals surface area contributed by atoms with E-state index in [9.17, 15) is 27.6 Å². The van der Waals surface area contributed by atoms with Crippen molar-refractivity contribution in [2.45, 2.75) is 51.7 Å². The van der Waals surface area contributed by atoms with Gasteiger partial charge in [0.1, 0.15) is 0 Å². The molecule has 0 atom stereocenters. The minimum Gasteiger partial charge on any atom is -0.350 e. The van der Waals surface area contributed by atoms with Crippen molar-refractivity contribution in [1.82, 2.24) is 25.2 Å². The lowest BCUT2D eigenvalue weighted by Crippen LogP contribution is -2.33. The van der Waals surface area contributed by atoms with Crippen LogP contribution in [-0.2, 0) is 27.5 Å². The molecule has 2 aliphatic carbocycles. The standard InChI is InChI=1S/C27H26N4O2.C24H25N3O5S/c32-26(30-24-11-6-14-28-25(24)27(33)29-17-19-7-5-8-19)23-13-12-20(18-31-15-3-4-16-31)21-9-1-2-10-22(21)23;1-33(30,31)32-15-17-11-12-20(19-9-3-2-8-18(17)19)23(28)27-21-10-5-13-25-22(21)24(29)26-14-16-6-4-7-16/h1-4,6,9-16,19H,5,7-8,17-18H2,(H,29,33)(H,30,32);2-3,5,8-13,16H,4,6-7,14-15H2,1H3,(H,26,29)(H,27,28). The first-order valence-electron chi connectivity index (χ1n) is 22.1. The molecule has 4 aromatic carbocycles. The predicted molar refractivity (Wildman–Crippen MR) is 255 cm³/mol. The summed E-state index contributed by atoms with van der Waals surface area (Å²) >= 11 is 0. The third kappa shape index (κ3) is 11.2. The van der Waals surface area contributed by atoms with E-state index in [1.54, 1.807) is 66.9 Å². The number of rotatable bonds is 15. The van der Waals surface area contributed by atoms with Crippen LogP contribution >= 0.6 is 0 Å². The van der Waals surface area contributed by atoms with E-state index >= 15 is 0 Å². The fourth-order valence-electron chi connectivity index (χ4n) is 8.01. The van der Waals surface area contributed by atoms with E-state index in [-0.39, 0.29) is 35.7 Å². The number of nitrogens with zero attached hydrogens (tertiary/aromatic N) is 3. The SMILES string of the molecule is CS(=O)(=O)OCc1ccc(C(=O)Nc2cccnc2C(=O)NCC2CCC2)c2ccccc12.O=C(NCC1CCC1)c1ncccc1NC(=O)c1ccc(Cn2cccc2)c2ccccc12. The van der Waals surface area contributed by atoms with Gasteiger partial charge in [0, 0.05) is 55.5 Å². The van der Waals surface area contributed by atoms with E-state index in [0.29, 0.717) is 63.8 Å². The van der Waals surface area contributed by atoms with Crippen LogP contribution in [0.25, 0.3) is 21.5 Å². The van der Waals surface area contributed by atoms with E-state index in [0.717, 1.165) is 54.8 Å². The third-order valence-corrected chi connectivity index (χ3v) is 12.6. The molecule has 4 N–H and O–H groups in total. The summed E-state index contributed by atoms with van der Waals surface area (Å²) in [6.45, 7) is 1.85. The van der Waals surface area contributed by atoms with Crippen molar-refractivity contribution in [2.24, 2.45) is 11.8 Å². The van der Waals surface area contributed by atoms with Crippen molar-refractivity contribution in [3.63, 3.8) is 0 Å². The lowest BCUT2D eigenvalue weighted by atomic mass is 9.85. The van der Waals surface area contributed by atoms with Crippen LogP contribution in [0.4, 0.5) is 11.4 Å². The van der Waals surface area contributed by atoms with Crippen LogP contribution in [0.5, 0.6) is 0 Å². The van der Waals surface area contributed by atoms with Crippen LogP contribution in [0, 0.1) is 11.8 Å². The Morgan fingerprint density at radius 3 is 1.48 bits per heavy atom. The minimum absolute atomic E-state index is 0.130. The molecule has 338 valence electrons. The molecule has 0 spiro atoms. The lowest BCUT2D eigenvalue weighted by Gasteiger charge is -2.25. The molecule has 3 heterocycles. The highest BCUT2D eigenvalue weighted by Crippen LogP contribution is 2.29. The number of anilines is 2. The molecule has 2 aliphatic rings. The molecule has 9 rings (SSSR count). The Morgan fingerprint density at radius 1 is 0.576 bits per heavy atom. The molecule has 0 unspecified atom stereocenters. The molecule has 2 fully saturated rings. The third-order valence-electron chi connectivity index (χ3n) is 12.1. The zero-order valence-electron chi connectivity index (χ0n) is 36.5. The second kappa shape index (κ2) is 20.7. The number of carbonyl (C=O) groups excluding carboxylic acids is 4. The van der Waals surface area contributed by atoms with Crippen molar-refractivity contribution in [2.75, 3.05) is 30.0 Å². The van der Waals surface area contributed by atoms with E-state index < -0.39 is 16.0 Å². The summed E-state index contributed by atoms with van der Waals surface area (Å²) in [7, 11) is -3.60. The first-order chi connectivity index (χ1) is 32.0. The van der Waals surface area contributed by atoms with Gasteiger partial charge in [0.2, 0.25) is 0 Å². The number of aromatic nitrogens is 3. The van der Waals surface area contributed by atoms with Crippen molar-refractivity contribution < 1.29 is 31.8 Å². The lowest BCUT2D eigenvalue weighted by molar-refractivity contribution is 0.0926. The van der Waals surface area contributed by atoms with Crippen LogP contribution in [-0.4, -0.2) is 65.9 Å². The number of hydrogen-bond donors (Lipinski definition) is 4. The molecule has 0 aliphatic heterocycles. The summed E-state index contributed by atoms with van der Waals surface area (Å²) < 4.78 is 29.8. The van der Waals surface area contributed by atoms with Gasteiger partial charge in [-0.15, -0.1) is 0 Å². The van der Waals surface area contributed by atoms with Crippen molar-refractivity contribution in [3.05, 3.63) is 168 Å². The molecule has 0 bridgehead atoms. The molecule has 15 heteroatoms. The van der Waals surface area contributed by atoms with Gasteiger partial charge in [0.15, 0.2) is 11.4 Å². The monoisotopic (exact) mass is 905 g/mol. The minimum atomic E-state index is -3.60. The van der Waals surface area contributed by atoms with Crippen LogP contribution < -0.4 is 21.3 Å². The summed E-state index contributed by atoms with van der Waals surface area (Å²) in [4.78, 5) is 60.2. The molecule has 0 radical (unpaired) electrons. The van der Waals surface area contributed by atoms with Crippen molar-refractivity contribution in [3.8, 4) is 0 Å². The van der Waals surface area contributed by atoms with Crippen LogP contribution in [0.1, 0.15) is 91.3 Å². The van der Waals surface area contributed by atoms with Crippen LogP contribution in [0.2, 0.25) is 0 Å². The molecule has 14 nitrogen and oxygen atoms in total. The topological polar surface area (TPSA) is 190 Å². The van der Waals surface area contributed by atoms with Crippen molar-refractivity contribution >= 4 is 66.7 Å². The molecule has 66 heavy (non-hydrogen) atoms. The highest BCUT2D eigenvalue weighted by atomic mass is 32.2. The number of benzene rings is 4. The van der Waals surface area contributed by atoms with E-state index in [1.165, 1.54) is 19.0 Å². The molecule has 3 aromatic heterocycles. The Kier molecular flexibility index (Phi) is 14.2. The van der Waals surface area contributed by atoms with Gasteiger partial charge in [-0.3, -0.25) is 23.4 Å². The molecular weight excluding hydrogens is 855 g/mol. The first kappa shape index (κ1) is 45.3. The second-order valence-electron chi connectivity index (χ2n) is 16.7. The Hall–Kier alpha value is -7.23. The molecule has 4 amide bonds. The Bertz CT molecular complexity index is 3000. The van der Waals surface area contributed by atoms with E-state index in [4.69, 9.17) is 4.18 Å². The van der Waals surface area contributed by atoms with Gasteiger partial charge in [-0.05, 0) is 119 Å². The second-order valence-corrected chi connectivity index (χ2v) is 18.3. The van der Waals surface area contributed by atoms with E-state index in [1.807, 2.05) is 60.9 Å². The molecule has 0 saturated heterocycles. The molecule has 7 aromatic rings. The summed E-state index contributed by atoms with van der Waals surface area (Å²) in [5, 5.41) is 14.8. The average molecular weight is 906 g/mol. The van der Waals surface area contributed by atoms with Gasteiger partial charge < -0.3 is 25.8 Å². The fraction of sp³-hybridized carbons (Fsp3) is 0.255. The Morgan fingerprint density at radius 2 is 1.03 bits per heavy atom. The number of hydrogen-bond acceptors (Lipinski definition) is 9. The Balaban J connectivity index is 0.000000179. The average Bonchev–Trinajstić information content (AvgIpc) is 3.80.